The molecule has 0 bridgehead atoms. The molecule has 1 amide bonds. The Morgan fingerprint density at radius 3 is 2.96 bits per heavy atom. The first-order chi connectivity index (χ1) is 11.1. The minimum Gasteiger partial charge on any atom is -0.339 e. The first-order valence-corrected chi connectivity index (χ1v) is 8.23. The molecule has 3 aromatic rings. The molecule has 0 atom stereocenters. The van der Waals surface area contributed by atoms with E-state index in [4.69, 9.17) is 4.52 Å². The van der Waals surface area contributed by atoms with Crippen molar-refractivity contribution in [2.24, 2.45) is 0 Å². The Hall–Kier alpha value is -2.47. The molecule has 5 nitrogen and oxygen atoms in total. The summed E-state index contributed by atoms with van der Waals surface area (Å²) >= 11 is 1.55. The van der Waals surface area contributed by atoms with Crippen LogP contribution in [0.15, 0.2) is 40.2 Å². The fraction of sp³-hybridized carbons (Fsp3) is 0.235. The van der Waals surface area contributed by atoms with Crippen LogP contribution in [0.1, 0.15) is 23.4 Å². The van der Waals surface area contributed by atoms with Crippen molar-refractivity contribution in [3.8, 4) is 10.7 Å². The van der Waals surface area contributed by atoms with Crippen molar-refractivity contribution in [1.29, 1.82) is 0 Å². The van der Waals surface area contributed by atoms with Crippen molar-refractivity contribution in [2.45, 2.75) is 26.7 Å². The number of nitrogens with one attached hydrogen (secondary N) is 1. The molecule has 0 saturated carbocycles. The lowest BCUT2D eigenvalue weighted by Crippen LogP contribution is -2.13. The maximum atomic E-state index is 12.1. The molecular formula is C17H17N3O2S. The molecule has 0 fully saturated rings. The molecule has 0 saturated heterocycles. The van der Waals surface area contributed by atoms with E-state index in [9.17, 15) is 4.79 Å². The Kier molecular flexibility index (Phi) is 4.52. The van der Waals surface area contributed by atoms with Crippen LogP contribution in [-0.4, -0.2) is 16.0 Å². The maximum absolute atomic E-state index is 12.1. The predicted molar refractivity (Wildman–Crippen MR) is 90.5 cm³/mol. The molecule has 0 spiro atoms. The van der Waals surface area contributed by atoms with Crippen LogP contribution in [0.4, 0.5) is 5.69 Å². The molecule has 2 heterocycles. The summed E-state index contributed by atoms with van der Waals surface area (Å²) in [4.78, 5) is 17.4. The lowest BCUT2D eigenvalue weighted by molar-refractivity contribution is -0.116. The van der Waals surface area contributed by atoms with E-state index in [1.165, 1.54) is 0 Å². The number of anilines is 1. The Balaban J connectivity index is 1.58. The smallest absolute Gasteiger partial charge is 0.227 e. The fourth-order valence-electron chi connectivity index (χ4n) is 2.17. The van der Waals surface area contributed by atoms with Crippen LogP contribution in [-0.2, 0) is 11.2 Å². The van der Waals surface area contributed by atoms with Crippen molar-refractivity contribution in [3.05, 3.63) is 52.7 Å². The first kappa shape index (κ1) is 15.4. The van der Waals surface area contributed by atoms with Crippen LogP contribution in [0, 0.1) is 13.8 Å². The number of aryl methyl sites for hydroxylation is 3. The Morgan fingerprint density at radius 1 is 1.30 bits per heavy atom. The number of hydrogen-bond donors (Lipinski definition) is 1. The van der Waals surface area contributed by atoms with Gasteiger partial charge in [0.15, 0.2) is 0 Å². The van der Waals surface area contributed by atoms with Crippen LogP contribution >= 0.6 is 11.3 Å². The average Bonchev–Trinajstić information content (AvgIpc) is 3.19. The van der Waals surface area contributed by atoms with Gasteiger partial charge in [0, 0.05) is 18.5 Å². The van der Waals surface area contributed by atoms with Gasteiger partial charge in [0.1, 0.15) is 0 Å². The summed E-state index contributed by atoms with van der Waals surface area (Å²) in [6.07, 6.45) is 0.731. The number of aromatic nitrogens is 2. The summed E-state index contributed by atoms with van der Waals surface area (Å²) in [6.45, 7) is 3.97. The van der Waals surface area contributed by atoms with Gasteiger partial charge in [-0.25, -0.2) is 0 Å². The molecular weight excluding hydrogens is 310 g/mol. The Bertz CT molecular complexity index is 809. The van der Waals surface area contributed by atoms with Crippen LogP contribution in [0.25, 0.3) is 10.7 Å². The van der Waals surface area contributed by atoms with E-state index in [1.807, 2.05) is 49.6 Å². The minimum absolute atomic E-state index is 0.0606. The zero-order valence-corrected chi connectivity index (χ0v) is 13.8. The lowest BCUT2D eigenvalue weighted by Gasteiger charge is -2.08. The van der Waals surface area contributed by atoms with Gasteiger partial charge in [-0.1, -0.05) is 23.4 Å². The molecule has 23 heavy (non-hydrogen) atoms. The lowest BCUT2D eigenvalue weighted by atomic mass is 10.1. The van der Waals surface area contributed by atoms with Gasteiger partial charge in [-0.15, -0.1) is 11.3 Å². The SMILES string of the molecule is Cc1ccc(C)c(NC(=O)CCc2nc(-c3cccs3)no2)c1. The fourth-order valence-corrected chi connectivity index (χ4v) is 2.82. The summed E-state index contributed by atoms with van der Waals surface area (Å²) in [7, 11) is 0. The number of nitrogens with zero attached hydrogens (tertiary/aromatic N) is 2. The topological polar surface area (TPSA) is 68.0 Å². The first-order valence-electron chi connectivity index (χ1n) is 7.35. The normalized spacial score (nSPS) is 10.7. The third kappa shape index (κ3) is 3.84. The second kappa shape index (κ2) is 6.75. The third-order valence-corrected chi connectivity index (χ3v) is 4.31. The molecule has 3 rings (SSSR count). The monoisotopic (exact) mass is 327 g/mol. The highest BCUT2D eigenvalue weighted by molar-refractivity contribution is 7.13. The summed E-state index contributed by atoms with van der Waals surface area (Å²) in [5.74, 6) is 0.990. The van der Waals surface area contributed by atoms with Crippen molar-refractivity contribution in [1.82, 2.24) is 10.1 Å². The number of hydrogen-bond acceptors (Lipinski definition) is 5. The standard InChI is InChI=1S/C17H17N3O2S/c1-11-5-6-12(2)13(10-11)18-15(21)7-8-16-19-17(20-22-16)14-4-3-9-23-14/h3-6,9-10H,7-8H2,1-2H3,(H,18,21). The van der Waals surface area contributed by atoms with E-state index in [0.717, 1.165) is 21.7 Å². The van der Waals surface area contributed by atoms with Gasteiger partial charge < -0.3 is 9.84 Å². The van der Waals surface area contributed by atoms with Gasteiger partial charge in [0.2, 0.25) is 17.6 Å². The summed E-state index contributed by atoms with van der Waals surface area (Å²) in [5, 5.41) is 8.83. The second-order valence-corrected chi connectivity index (χ2v) is 6.30. The highest BCUT2D eigenvalue weighted by Gasteiger charge is 2.12. The summed E-state index contributed by atoms with van der Waals surface area (Å²) in [5.41, 5.74) is 3.00. The van der Waals surface area contributed by atoms with E-state index in [2.05, 4.69) is 15.5 Å². The van der Waals surface area contributed by atoms with E-state index >= 15 is 0 Å². The number of carbonyl (C=O) groups excluding carboxylic acids is 1. The molecule has 0 unspecified atom stereocenters. The number of rotatable bonds is 5. The minimum atomic E-state index is -0.0606. The molecule has 1 aromatic carbocycles. The van der Waals surface area contributed by atoms with Crippen LogP contribution < -0.4 is 5.32 Å². The van der Waals surface area contributed by atoms with Crippen molar-refractivity contribution in [2.75, 3.05) is 5.32 Å². The Labute approximate surface area is 138 Å². The molecule has 2 aromatic heterocycles. The molecule has 0 aliphatic carbocycles. The molecule has 118 valence electrons. The molecule has 0 aliphatic rings. The summed E-state index contributed by atoms with van der Waals surface area (Å²) < 4.78 is 5.20. The van der Waals surface area contributed by atoms with E-state index in [-0.39, 0.29) is 5.91 Å². The van der Waals surface area contributed by atoms with Crippen molar-refractivity contribution in [3.63, 3.8) is 0 Å². The van der Waals surface area contributed by atoms with E-state index < -0.39 is 0 Å². The quantitative estimate of drug-likeness (QED) is 0.769. The largest absolute Gasteiger partial charge is 0.339 e. The van der Waals surface area contributed by atoms with E-state index in [0.29, 0.717) is 24.6 Å². The van der Waals surface area contributed by atoms with E-state index in [1.54, 1.807) is 11.3 Å². The number of amides is 1. The maximum Gasteiger partial charge on any atom is 0.227 e. The second-order valence-electron chi connectivity index (χ2n) is 5.36. The molecule has 6 heteroatoms. The van der Waals surface area contributed by atoms with Crippen LogP contribution in [0.5, 0.6) is 0 Å². The van der Waals surface area contributed by atoms with Gasteiger partial charge in [-0.2, -0.15) is 4.98 Å². The third-order valence-electron chi connectivity index (χ3n) is 3.44. The molecule has 0 aliphatic heterocycles. The zero-order chi connectivity index (χ0) is 16.2. The highest BCUT2D eigenvalue weighted by Crippen LogP contribution is 2.21. The summed E-state index contributed by atoms with van der Waals surface area (Å²) in [6, 6.07) is 9.86. The average molecular weight is 327 g/mol. The van der Waals surface area contributed by atoms with Crippen molar-refractivity contribution >= 4 is 22.9 Å². The van der Waals surface area contributed by atoms with Crippen molar-refractivity contribution < 1.29 is 9.32 Å². The zero-order valence-electron chi connectivity index (χ0n) is 13.0. The molecule has 0 radical (unpaired) electrons. The number of carbonyl (C=O) groups is 1. The Morgan fingerprint density at radius 2 is 2.17 bits per heavy atom. The number of benzene rings is 1. The van der Waals surface area contributed by atoms with Crippen LogP contribution in [0.3, 0.4) is 0 Å². The van der Waals surface area contributed by atoms with Gasteiger partial charge in [0.05, 0.1) is 4.88 Å². The van der Waals surface area contributed by atoms with Crippen LogP contribution in [0.2, 0.25) is 0 Å². The highest BCUT2D eigenvalue weighted by atomic mass is 32.1. The molecule has 1 N–H and O–H groups in total. The van der Waals surface area contributed by atoms with Gasteiger partial charge in [-0.05, 0) is 42.5 Å². The number of thiophene rings is 1. The predicted octanol–water partition coefficient (Wildman–Crippen LogP) is 3.99. The van der Waals surface area contributed by atoms with Gasteiger partial charge in [0.25, 0.3) is 0 Å². The van der Waals surface area contributed by atoms with Gasteiger partial charge in [-0.3, -0.25) is 4.79 Å². The van der Waals surface area contributed by atoms with Gasteiger partial charge >= 0.3 is 0 Å².